The quantitative estimate of drug-likeness (QED) is 0.616. The van der Waals surface area contributed by atoms with E-state index in [0.29, 0.717) is 24.9 Å². The van der Waals surface area contributed by atoms with Crippen molar-refractivity contribution in [2.75, 3.05) is 26.7 Å². The SMILES string of the molecule is CNC[C@@H]1Oc2cc(C#CC3(O)CCCC3)ccc2S(=O)(=O)N([C@H](C)CO)C[C@H]1C. The molecule has 8 heteroatoms. The lowest BCUT2D eigenvalue weighted by Crippen LogP contribution is -2.49. The molecule has 166 valence electrons. The van der Waals surface area contributed by atoms with E-state index in [2.05, 4.69) is 17.2 Å². The van der Waals surface area contributed by atoms with Crippen LogP contribution < -0.4 is 10.1 Å². The van der Waals surface area contributed by atoms with Crippen LogP contribution in [0.15, 0.2) is 23.1 Å². The van der Waals surface area contributed by atoms with Gasteiger partial charge in [-0.2, -0.15) is 4.31 Å². The molecule has 0 saturated heterocycles. The van der Waals surface area contributed by atoms with E-state index in [-0.39, 0.29) is 35.8 Å². The first-order chi connectivity index (χ1) is 14.2. The minimum atomic E-state index is -3.85. The second-order valence-electron chi connectivity index (χ2n) is 8.45. The molecule has 2 aliphatic rings. The van der Waals surface area contributed by atoms with Crippen LogP contribution in [0, 0.1) is 17.8 Å². The fraction of sp³-hybridized carbons (Fsp3) is 0.636. The van der Waals surface area contributed by atoms with Gasteiger partial charge in [-0.3, -0.25) is 0 Å². The van der Waals surface area contributed by atoms with Gasteiger partial charge in [-0.05, 0) is 57.9 Å². The van der Waals surface area contributed by atoms with Crippen LogP contribution in [-0.2, 0) is 10.0 Å². The smallest absolute Gasteiger partial charge is 0.247 e. The van der Waals surface area contributed by atoms with Crippen LogP contribution in [-0.4, -0.2) is 67.4 Å². The van der Waals surface area contributed by atoms with Gasteiger partial charge in [-0.15, -0.1) is 0 Å². The minimum Gasteiger partial charge on any atom is -0.487 e. The largest absolute Gasteiger partial charge is 0.487 e. The van der Waals surface area contributed by atoms with Gasteiger partial charge in [-0.1, -0.05) is 18.8 Å². The molecule has 3 atom stereocenters. The summed E-state index contributed by atoms with van der Waals surface area (Å²) in [6, 6.07) is 4.25. The van der Waals surface area contributed by atoms with Crippen LogP contribution in [0.4, 0.5) is 0 Å². The summed E-state index contributed by atoms with van der Waals surface area (Å²) in [5.74, 6) is 6.11. The molecule has 0 amide bonds. The predicted octanol–water partition coefficient (Wildman–Crippen LogP) is 1.33. The Balaban J connectivity index is 2.05. The number of aliphatic hydroxyl groups excluding tert-OH is 1. The van der Waals surface area contributed by atoms with Gasteiger partial charge in [-0.25, -0.2) is 8.42 Å². The molecule has 3 rings (SSSR count). The molecule has 1 saturated carbocycles. The number of hydrogen-bond donors (Lipinski definition) is 3. The normalized spacial score (nSPS) is 26.4. The summed E-state index contributed by atoms with van der Waals surface area (Å²) in [6.45, 7) is 4.18. The van der Waals surface area contributed by atoms with Gasteiger partial charge in [0.15, 0.2) is 0 Å². The van der Waals surface area contributed by atoms with E-state index < -0.39 is 21.7 Å². The third kappa shape index (κ3) is 4.82. The van der Waals surface area contributed by atoms with Crippen LogP contribution in [0.1, 0.15) is 45.1 Å². The van der Waals surface area contributed by atoms with Crippen LogP contribution in [0.5, 0.6) is 5.75 Å². The number of sulfonamides is 1. The Morgan fingerprint density at radius 2 is 2.07 bits per heavy atom. The molecule has 0 unspecified atom stereocenters. The van der Waals surface area contributed by atoms with Crippen molar-refractivity contribution in [2.45, 2.75) is 62.2 Å². The maximum atomic E-state index is 13.4. The summed E-state index contributed by atoms with van der Waals surface area (Å²) in [5.41, 5.74) is -0.365. The van der Waals surface area contributed by atoms with Crippen molar-refractivity contribution >= 4 is 10.0 Å². The van der Waals surface area contributed by atoms with Crippen molar-refractivity contribution in [3.05, 3.63) is 23.8 Å². The molecule has 0 aromatic heterocycles. The highest BCUT2D eigenvalue weighted by molar-refractivity contribution is 7.89. The lowest BCUT2D eigenvalue weighted by molar-refractivity contribution is 0.103. The molecule has 30 heavy (non-hydrogen) atoms. The van der Waals surface area contributed by atoms with Gasteiger partial charge in [0.2, 0.25) is 10.0 Å². The highest BCUT2D eigenvalue weighted by Gasteiger charge is 2.37. The van der Waals surface area contributed by atoms with E-state index in [0.717, 1.165) is 12.8 Å². The molecule has 1 heterocycles. The molecule has 3 N–H and O–H groups in total. The minimum absolute atomic E-state index is 0.0703. The summed E-state index contributed by atoms with van der Waals surface area (Å²) < 4.78 is 34.2. The Labute approximate surface area is 179 Å². The third-order valence-corrected chi connectivity index (χ3v) is 7.96. The first kappa shape index (κ1) is 23.0. The zero-order valence-electron chi connectivity index (χ0n) is 17.9. The van der Waals surface area contributed by atoms with Crippen molar-refractivity contribution < 1.29 is 23.4 Å². The number of rotatable bonds is 4. The van der Waals surface area contributed by atoms with Gasteiger partial charge in [0.25, 0.3) is 0 Å². The lowest BCUT2D eigenvalue weighted by Gasteiger charge is -2.36. The number of ether oxygens (including phenoxy) is 1. The first-order valence-electron chi connectivity index (χ1n) is 10.5. The van der Waals surface area contributed by atoms with Crippen LogP contribution in [0.3, 0.4) is 0 Å². The summed E-state index contributed by atoms with van der Waals surface area (Å²) in [6.07, 6.45) is 2.98. The van der Waals surface area contributed by atoms with Crippen molar-refractivity contribution in [2.24, 2.45) is 5.92 Å². The van der Waals surface area contributed by atoms with E-state index >= 15 is 0 Å². The fourth-order valence-corrected chi connectivity index (χ4v) is 5.85. The highest BCUT2D eigenvalue weighted by Crippen LogP contribution is 2.34. The van der Waals surface area contributed by atoms with E-state index in [9.17, 15) is 18.6 Å². The Morgan fingerprint density at radius 1 is 1.37 bits per heavy atom. The molecule has 1 fully saturated rings. The topological polar surface area (TPSA) is 99.1 Å². The number of benzene rings is 1. The lowest BCUT2D eigenvalue weighted by atomic mass is 10.0. The Morgan fingerprint density at radius 3 is 2.70 bits per heavy atom. The number of nitrogens with zero attached hydrogens (tertiary/aromatic N) is 1. The maximum Gasteiger partial charge on any atom is 0.247 e. The summed E-state index contributed by atoms with van der Waals surface area (Å²) >= 11 is 0. The molecular weight excluding hydrogens is 404 g/mol. The predicted molar refractivity (Wildman–Crippen MR) is 115 cm³/mol. The average Bonchev–Trinajstić information content (AvgIpc) is 3.15. The standard InChI is InChI=1S/C22H32N2O5S/c1-16-14-24(17(2)15-25)30(27,28)21-7-6-18(8-11-22(26)9-4-5-10-22)12-19(21)29-20(16)13-23-3/h6-7,12,16-17,20,23,25-26H,4-5,9-10,13-15H2,1-3H3/t16-,17-,20+/m1/s1. The Kier molecular flexibility index (Phi) is 7.10. The monoisotopic (exact) mass is 436 g/mol. The molecule has 1 aromatic carbocycles. The van der Waals surface area contributed by atoms with Crippen LogP contribution in [0.25, 0.3) is 0 Å². The van der Waals surface area contributed by atoms with Crippen LogP contribution in [0.2, 0.25) is 0 Å². The summed E-state index contributed by atoms with van der Waals surface area (Å²) in [7, 11) is -2.03. The van der Waals surface area contributed by atoms with E-state index in [1.807, 2.05) is 14.0 Å². The number of hydrogen-bond acceptors (Lipinski definition) is 6. The number of aliphatic hydroxyl groups is 2. The highest BCUT2D eigenvalue weighted by atomic mass is 32.2. The molecule has 1 aromatic rings. The van der Waals surface area contributed by atoms with E-state index in [4.69, 9.17) is 4.74 Å². The molecule has 0 radical (unpaired) electrons. The molecule has 7 nitrogen and oxygen atoms in total. The van der Waals surface area contributed by atoms with Crippen molar-refractivity contribution in [1.82, 2.24) is 9.62 Å². The van der Waals surface area contributed by atoms with Crippen molar-refractivity contribution in [3.63, 3.8) is 0 Å². The van der Waals surface area contributed by atoms with Crippen molar-refractivity contribution in [3.8, 4) is 17.6 Å². The zero-order valence-corrected chi connectivity index (χ0v) is 18.7. The van der Waals surface area contributed by atoms with Crippen molar-refractivity contribution in [1.29, 1.82) is 0 Å². The average molecular weight is 437 g/mol. The molecule has 1 aliphatic carbocycles. The summed E-state index contributed by atoms with van der Waals surface area (Å²) in [5, 5.41) is 23.2. The number of fused-ring (bicyclic) bond motifs is 1. The zero-order chi connectivity index (χ0) is 21.9. The Bertz CT molecular complexity index is 915. The molecular formula is C22H32N2O5S. The fourth-order valence-electron chi connectivity index (χ4n) is 4.02. The second kappa shape index (κ2) is 9.25. The molecule has 1 aliphatic heterocycles. The Hall–Kier alpha value is -1.63. The third-order valence-electron chi connectivity index (χ3n) is 5.94. The first-order valence-corrected chi connectivity index (χ1v) is 12.0. The van der Waals surface area contributed by atoms with Crippen LogP contribution >= 0.6 is 0 Å². The summed E-state index contributed by atoms with van der Waals surface area (Å²) in [4.78, 5) is 0.0703. The van der Waals surface area contributed by atoms with Gasteiger partial charge in [0.1, 0.15) is 22.4 Å². The molecule has 0 bridgehead atoms. The van der Waals surface area contributed by atoms with Gasteiger partial charge in [0, 0.05) is 30.6 Å². The van der Waals surface area contributed by atoms with Gasteiger partial charge < -0.3 is 20.3 Å². The van der Waals surface area contributed by atoms with E-state index in [1.54, 1.807) is 19.1 Å². The van der Waals surface area contributed by atoms with Gasteiger partial charge >= 0.3 is 0 Å². The number of likely N-dealkylation sites (N-methyl/N-ethyl adjacent to an activating group) is 1. The number of nitrogens with one attached hydrogen (secondary N) is 1. The van der Waals surface area contributed by atoms with Gasteiger partial charge in [0.05, 0.1) is 6.61 Å². The van der Waals surface area contributed by atoms with E-state index in [1.165, 1.54) is 10.4 Å². The molecule has 0 spiro atoms. The maximum absolute atomic E-state index is 13.4. The second-order valence-corrected chi connectivity index (χ2v) is 10.3.